The molecule has 2 rings (SSSR count). The number of phenolic OH excluding ortho intramolecular Hbond substituents is 1. The Kier molecular flexibility index (Phi) is 9.97. The molecule has 0 bridgehead atoms. The normalized spacial score (nSPS) is 12.5. The van der Waals surface area contributed by atoms with E-state index in [-0.39, 0.29) is 11.8 Å². The molecule has 1 unspecified atom stereocenters. The molecule has 0 fully saturated rings. The van der Waals surface area contributed by atoms with Crippen LogP contribution in [0.25, 0.3) is 0 Å². The van der Waals surface area contributed by atoms with E-state index in [4.69, 9.17) is 14.5 Å². The van der Waals surface area contributed by atoms with Crippen LogP contribution < -0.4 is 20.1 Å². The van der Waals surface area contributed by atoms with Gasteiger partial charge in [-0.1, -0.05) is 44.2 Å². The maximum Gasteiger partial charge on any atom is 0.200 e. The van der Waals surface area contributed by atoms with Crippen LogP contribution in [-0.4, -0.2) is 56.4 Å². The number of hydrogen-bond donors (Lipinski definition) is 3. The molecule has 31 heavy (non-hydrogen) atoms. The van der Waals surface area contributed by atoms with Gasteiger partial charge in [0.1, 0.15) is 0 Å². The fourth-order valence-corrected chi connectivity index (χ4v) is 3.54. The first-order valence-electron chi connectivity index (χ1n) is 10.8. The fourth-order valence-electron chi connectivity index (χ4n) is 3.54. The Morgan fingerprint density at radius 2 is 1.61 bits per heavy atom. The van der Waals surface area contributed by atoms with Crippen LogP contribution in [0.5, 0.6) is 17.2 Å². The highest BCUT2D eigenvalue weighted by Gasteiger charge is 2.18. The Hall–Kier alpha value is -2.93. The summed E-state index contributed by atoms with van der Waals surface area (Å²) in [5.74, 6) is 1.47. The molecule has 2 aromatic carbocycles. The summed E-state index contributed by atoms with van der Waals surface area (Å²) >= 11 is 0. The maximum atomic E-state index is 10.1. The minimum Gasteiger partial charge on any atom is -0.502 e. The molecule has 0 radical (unpaired) electrons. The summed E-state index contributed by atoms with van der Waals surface area (Å²) in [6.45, 7) is 10.3. The number of aliphatic imine (C=N–C) groups is 1. The first-order chi connectivity index (χ1) is 15.1. The largest absolute Gasteiger partial charge is 0.502 e. The van der Waals surface area contributed by atoms with Crippen molar-refractivity contribution in [3.8, 4) is 17.2 Å². The molecular weight excluding hydrogens is 392 g/mol. The number of aromatic hydroxyl groups is 1. The van der Waals surface area contributed by atoms with E-state index in [1.54, 1.807) is 12.1 Å². The van der Waals surface area contributed by atoms with Crippen LogP contribution >= 0.6 is 0 Å². The zero-order chi connectivity index (χ0) is 22.6. The van der Waals surface area contributed by atoms with E-state index in [1.807, 2.05) is 13.0 Å². The van der Waals surface area contributed by atoms with Gasteiger partial charge in [-0.2, -0.15) is 0 Å². The van der Waals surface area contributed by atoms with E-state index in [0.717, 1.165) is 37.7 Å². The van der Waals surface area contributed by atoms with Crippen LogP contribution in [-0.2, 0) is 6.54 Å². The molecule has 7 nitrogen and oxygen atoms in total. The average molecular weight is 429 g/mol. The third kappa shape index (κ3) is 6.79. The Morgan fingerprint density at radius 3 is 2.13 bits per heavy atom. The van der Waals surface area contributed by atoms with Gasteiger partial charge < -0.3 is 25.2 Å². The van der Waals surface area contributed by atoms with Crippen LogP contribution in [0.3, 0.4) is 0 Å². The number of hydrogen-bond acceptors (Lipinski definition) is 5. The predicted octanol–water partition coefficient (Wildman–Crippen LogP) is 3.55. The van der Waals surface area contributed by atoms with E-state index in [1.165, 1.54) is 19.8 Å². The van der Waals surface area contributed by atoms with Crippen molar-refractivity contribution in [3.05, 3.63) is 53.6 Å². The van der Waals surface area contributed by atoms with Crippen LogP contribution in [0, 0.1) is 0 Å². The second-order valence-corrected chi connectivity index (χ2v) is 7.07. The van der Waals surface area contributed by atoms with Crippen molar-refractivity contribution in [1.29, 1.82) is 0 Å². The lowest BCUT2D eigenvalue weighted by atomic mass is 10.1. The Morgan fingerprint density at radius 1 is 1.00 bits per heavy atom. The second kappa shape index (κ2) is 12.7. The zero-order valence-corrected chi connectivity index (χ0v) is 19.3. The third-order valence-electron chi connectivity index (χ3n) is 5.20. The van der Waals surface area contributed by atoms with Crippen molar-refractivity contribution in [2.45, 2.75) is 33.4 Å². The van der Waals surface area contributed by atoms with Crippen molar-refractivity contribution in [2.24, 2.45) is 4.99 Å². The Balaban J connectivity index is 2.18. The van der Waals surface area contributed by atoms with Crippen molar-refractivity contribution < 1.29 is 14.6 Å². The first-order valence-corrected chi connectivity index (χ1v) is 10.8. The van der Waals surface area contributed by atoms with E-state index >= 15 is 0 Å². The summed E-state index contributed by atoms with van der Waals surface area (Å²) in [6, 6.07) is 14.3. The van der Waals surface area contributed by atoms with Gasteiger partial charge >= 0.3 is 0 Å². The zero-order valence-electron chi connectivity index (χ0n) is 19.3. The van der Waals surface area contributed by atoms with E-state index in [2.05, 4.69) is 53.6 Å². The summed E-state index contributed by atoms with van der Waals surface area (Å²) in [7, 11) is 3.04. The van der Waals surface area contributed by atoms with Crippen LogP contribution in [0.1, 0.15) is 37.9 Å². The number of nitrogens with one attached hydrogen (secondary N) is 2. The number of benzene rings is 2. The predicted molar refractivity (Wildman–Crippen MR) is 126 cm³/mol. The van der Waals surface area contributed by atoms with Gasteiger partial charge in [-0.25, -0.2) is 4.99 Å². The average Bonchev–Trinajstić information content (AvgIpc) is 2.81. The molecule has 2 aromatic rings. The van der Waals surface area contributed by atoms with Crippen LogP contribution in [0.15, 0.2) is 47.5 Å². The molecule has 0 aromatic heterocycles. The number of rotatable bonds is 11. The highest BCUT2D eigenvalue weighted by atomic mass is 16.5. The Labute approximate surface area is 186 Å². The maximum absolute atomic E-state index is 10.1. The summed E-state index contributed by atoms with van der Waals surface area (Å²) in [5.41, 5.74) is 2.16. The van der Waals surface area contributed by atoms with E-state index in [9.17, 15) is 5.11 Å². The van der Waals surface area contributed by atoms with E-state index in [0.29, 0.717) is 18.0 Å². The van der Waals surface area contributed by atoms with Crippen LogP contribution in [0.2, 0.25) is 0 Å². The van der Waals surface area contributed by atoms with Crippen molar-refractivity contribution in [2.75, 3.05) is 40.4 Å². The molecule has 0 aliphatic carbocycles. The fraction of sp³-hybridized carbons (Fsp3) is 0.458. The topological polar surface area (TPSA) is 78.4 Å². The molecule has 0 aliphatic rings. The highest BCUT2D eigenvalue weighted by molar-refractivity contribution is 5.79. The number of ether oxygens (including phenoxy) is 2. The van der Waals surface area contributed by atoms with Gasteiger partial charge in [-0.05, 0) is 43.3 Å². The summed E-state index contributed by atoms with van der Waals surface area (Å²) in [6.07, 6.45) is 0. The van der Waals surface area contributed by atoms with Crippen molar-refractivity contribution >= 4 is 5.96 Å². The minimum absolute atomic E-state index is 0.00677. The molecule has 0 saturated carbocycles. The lowest BCUT2D eigenvalue weighted by Crippen LogP contribution is -2.43. The van der Waals surface area contributed by atoms with Crippen molar-refractivity contribution in [1.82, 2.24) is 15.5 Å². The molecule has 7 heteroatoms. The molecular formula is C24H36N4O3. The second-order valence-electron chi connectivity index (χ2n) is 7.07. The Bertz CT molecular complexity index is 798. The number of guanidine groups is 1. The number of phenols is 1. The number of methoxy groups -OCH3 is 2. The molecule has 3 N–H and O–H groups in total. The van der Waals surface area contributed by atoms with Gasteiger partial charge in [-0.3, -0.25) is 4.90 Å². The van der Waals surface area contributed by atoms with Crippen molar-refractivity contribution in [3.63, 3.8) is 0 Å². The smallest absolute Gasteiger partial charge is 0.200 e. The lowest BCUT2D eigenvalue weighted by molar-refractivity contribution is 0.219. The molecule has 170 valence electrons. The number of likely N-dealkylation sites (N-methyl/N-ethyl adjacent to an activating group) is 1. The lowest BCUT2D eigenvalue weighted by Gasteiger charge is -2.30. The van der Waals surface area contributed by atoms with Gasteiger partial charge in [0, 0.05) is 13.1 Å². The monoisotopic (exact) mass is 428 g/mol. The SMILES string of the molecule is CCNC(=NCc1cc(OC)c(O)c(OC)c1)NCC(c1ccccc1)N(CC)CC. The standard InChI is InChI=1S/C24H36N4O3/c1-6-25-24(26-16-18-14-21(30-4)23(29)22(15-18)31-5)27-17-20(28(7-2)8-3)19-12-10-9-11-13-19/h9-15,20,29H,6-8,16-17H2,1-5H3,(H2,25,26,27). The molecule has 0 spiro atoms. The molecule has 0 aliphatic heterocycles. The molecule has 0 heterocycles. The third-order valence-corrected chi connectivity index (χ3v) is 5.20. The molecule has 0 amide bonds. The highest BCUT2D eigenvalue weighted by Crippen LogP contribution is 2.37. The van der Waals surface area contributed by atoms with Gasteiger partial charge in [0.05, 0.1) is 26.8 Å². The molecule has 0 saturated heterocycles. The van der Waals surface area contributed by atoms with Gasteiger partial charge in [0.15, 0.2) is 17.5 Å². The summed E-state index contributed by atoms with van der Waals surface area (Å²) in [5, 5.41) is 16.9. The molecule has 1 atom stereocenters. The first kappa shape index (κ1) is 24.3. The summed E-state index contributed by atoms with van der Waals surface area (Å²) in [4.78, 5) is 7.16. The summed E-state index contributed by atoms with van der Waals surface area (Å²) < 4.78 is 10.5. The van der Waals surface area contributed by atoms with Crippen LogP contribution in [0.4, 0.5) is 0 Å². The quantitative estimate of drug-likeness (QED) is 0.375. The minimum atomic E-state index is -0.00677. The van der Waals surface area contributed by atoms with E-state index < -0.39 is 0 Å². The van der Waals surface area contributed by atoms with Gasteiger partial charge in [0.2, 0.25) is 5.75 Å². The van der Waals surface area contributed by atoms with Gasteiger partial charge in [-0.15, -0.1) is 0 Å². The number of nitrogens with zero attached hydrogens (tertiary/aromatic N) is 2. The van der Waals surface area contributed by atoms with Gasteiger partial charge in [0.25, 0.3) is 0 Å².